The quantitative estimate of drug-likeness (QED) is 0.496. The average molecular weight is 261 g/mol. The molecule has 0 bridgehead atoms. The summed E-state index contributed by atoms with van der Waals surface area (Å²) in [6.45, 7) is 5.88. The molecular formula is C9H13BrN2S. The molecule has 0 radical (unpaired) electrons. The summed E-state index contributed by atoms with van der Waals surface area (Å²) in [7, 11) is 0. The van der Waals surface area contributed by atoms with E-state index in [1.165, 1.54) is 4.88 Å². The van der Waals surface area contributed by atoms with Crippen LogP contribution in [0.3, 0.4) is 0 Å². The van der Waals surface area contributed by atoms with Crippen molar-refractivity contribution in [1.29, 1.82) is 0 Å². The van der Waals surface area contributed by atoms with E-state index >= 15 is 0 Å². The van der Waals surface area contributed by atoms with E-state index in [1.807, 2.05) is 13.0 Å². The second-order valence-corrected chi connectivity index (χ2v) is 5.52. The van der Waals surface area contributed by atoms with Crippen LogP contribution in [0.4, 0.5) is 0 Å². The van der Waals surface area contributed by atoms with E-state index in [9.17, 15) is 0 Å². The van der Waals surface area contributed by atoms with E-state index in [0.717, 1.165) is 15.8 Å². The molecule has 2 nitrogen and oxygen atoms in total. The number of halogens is 1. The highest BCUT2D eigenvalue weighted by atomic mass is 79.9. The second-order valence-electron chi connectivity index (χ2n) is 3.02. The summed E-state index contributed by atoms with van der Waals surface area (Å²) < 4.78 is 1.13. The van der Waals surface area contributed by atoms with Crippen molar-refractivity contribution in [3.63, 3.8) is 0 Å². The van der Waals surface area contributed by atoms with Gasteiger partial charge in [-0.2, -0.15) is 0 Å². The minimum absolute atomic E-state index is 0.189. The Labute approximate surface area is 90.9 Å². The SMILES string of the molecule is C=C(C)CC(NN)c1ccc(Br)s1. The maximum atomic E-state index is 5.46. The molecular weight excluding hydrogens is 248 g/mol. The number of rotatable bonds is 4. The van der Waals surface area contributed by atoms with Gasteiger partial charge in [0.1, 0.15) is 0 Å². The molecule has 13 heavy (non-hydrogen) atoms. The Bertz CT molecular complexity index is 296. The molecule has 0 aliphatic rings. The van der Waals surface area contributed by atoms with Crippen LogP contribution in [0.5, 0.6) is 0 Å². The molecule has 0 amide bonds. The van der Waals surface area contributed by atoms with E-state index < -0.39 is 0 Å². The van der Waals surface area contributed by atoms with Gasteiger partial charge in [-0.15, -0.1) is 17.9 Å². The van der Waals surface area contributed by atoms with Crippen LogP contribution in [0.25, 0.3) is 0 Å². The minimum Gasteiger partial charge on any atom is -0.271 e. The summed E-state index contributed by atoms with van der Waals surface area (Å²) >= 11 is 5.12. The van der Waals surface area contributed by atoms with Crippen molar-refractivity contribution in [2.75, 3.05) is 0 Å². The van der Waals surface area contributed by atoms with Gasteiger partial charge in [-0.05, 0) is 41.4 Å². The van der Waals surface area contributed by atoms with E-state index in [1.54, 1.807) is 11.3 Å². The zero-order valence-electron chi connectivity index (χ0n) is 7.51. The zero-order chi connectivity index (χ0) is 9.84. The molecule has 1 unspecified atom stereocenters. The van der Waals surface area contributed by atoms with Gasteiger partial charge < -0.3 is 0 Å². The third kappa shape index (κ3) is 3.23. The maximum Gasteiger partial charge on any atom is 0.0702 e. The van der Waals surface area contributed by atoms with Crippen molar-refractivity contribution in [2.45, 2.75) is 19.4 Å². The molecule has 0 aromatic carbocycles. The first-order valence-corrected chi connectivity index (χ1v) is 5.60. The summed E-state index contributed by atoms with van der Waals surface area (Å²) in [6, 6.07) is 4.29. The summed E-state index contributed by atoms with van der Waals surface area (Å²) in [4.78, 5) is 1.23. The lowest BCUT2D eigenvalue weighted by Gasteiger charge is -2.13. The number of hydrogen-bond donors (Lipinski definition) is 2. The van der Waals surface area contributed by atoms with Crippen LogP contribution < -0.4 is 11.3 Å². The van der Waals surface area contributed by atoms with Gasteiger partial charge in [0.05, 0.1) is 9.83 Å². The van der Waals surface area contributed by atoms with Crippen LogP contribution in [0, 0.1) is 0 Å². The smallest absolute Gasteiger partial charge is 0.0702 e. The molecule has 1 atom stereocenters. The predicted octanol–water partition coefficient (Wildman–Crippen LogP) is 2.98. The second kappa shape index (κ2) is 4.91. The van der Waals surface area contributed by atoms with Crippen LogP contribution >= 0.6 is 27.3 Å². The number of nitrogens with one attached hydrogen (secondary N) is 1. The monoisotopic (exact) mass is 260 g/mol. The Kier molecular flexibility index (Phi) is 4.12. The summed E-state index contributed by atoms with van der Waals surface area (Å²) in [5.74, 6) is 5.46. The Balaban J connectivity index is 2.72. The van der Waals surface area contributed by atoms with Crippen molar-refractivity contribution >= 4 is 27.3 Å². The van der Waals surface area contributed by atoms with Crippen LogP contribution in [-0.4, -0.2) is 0 Å². The minimum atomic E-state index is 0.189. The number of hydrazine groups is 1. The van der Waals surface area contributed by atoms with Gasteiger partial charge in [0.2, 0.25) is 0 Å². The molecule has 0 saturated carbocycles. The molecule has 1 aromatic rings. The highest BCUT2D eigenvalue weighted by Gasteiger charge is 2.11. The van der Waals surface area contributed by atoms with Crippen LogP contribution in [0.2, 0.25) is 0 Å². The van der Waals surface area contributed by atoms with Gasteiger partial charge in [-0.25, -0.2) is 0 Å². The molecule has 1 heterocycles. The highest BCUT2D eigenvalue weighted by Crippen LogP contribution is 2.29. The third-order valence-electron chi connectivity index (χ3n) is 1.69. The standard InChI is InChI=1S/C9H13BrN2S/c1-6(2)5-7(12-11)8-3-4-9(10)13-8/h3-4,7,12H,1,5,11H2,2H3. The molecule has 0 spiro atoms. The van der Waals surface area contributed by atoms with Crippen molar-refractivity contribution in [2.24, 2.45) is 5.84 Å². The number of thiophene rings is 1. The van der Waals surface area contributed by atoms with Gasteiger partial charge in [-0.1, -0.05) is 5.57 Å². The van der Waals surface area contributed by atoms with Gasteiger partial charge >= 0.3 is 0 Å². The Morgan fingerprint density at radius 2 is 2.46 bits per heavy atom. The number of nitrogens with two attached hydrogens (primary N) is 1. The van der Waals surface area contributed by atoms with Gasteiger partial charge in [0, 0.05) is 4.88 Å². The molecule has 1 aromatic heterocycles. The fourth-order valence-electron chi connectivity index (χ4n) is 1.11. The fraction of sp³-hybridized carbons (Fsp3) is 0.333. The Morgan fingerprint density at radius 3 is 2.85 bits per heavy atom. The summed E-state index contributed by atoms with van der Waals surface area (Å²) in [5, 5.41) is 0. The Hall–Kier alpha value is -0.160. The van der Waals surface area contributed by atoms with E-state index in [-0.39, 0.29) is 6.04 Å². The lowest BCUT2D eigenvalue weighted by molar-refractivity contribution is 0.559. The van der Waals surface area contributed by atoms with Crippen LogP contribution in [0.1, 0.15) is 24.3 Å². The number of hydrogen-bond acceptors (Lipinski definition) is 3. The van der Waals surface area contributed by atoms with Crippen LogP contribution in [-0.2, 0) is 0 Å². The van der Waals surface area contributed by atoms with E-state index in [4.69, 9.17) is 5.84 Å². The first-order valence-electron chi connectivity index (χ1n) is 3.99. The van der Waals surface area contributed by atoms with E-state index in [2.05, 4.69) is 34.0 Å². The van der Waals surface area contributed by atoms with Gasteiger partial charge in [0.25, 0.3) is 0 Å². The topological polar surface area (TPSA) is 38.0 Å². The highest BCUT2D eigenvalue weighted by molar-refractivity contribution is 9.11. The lowest BCUT2D eigenvalue weighted by Crippen LogP contribution is -2.27. The molecule has 0 fully saturated rings. The lowest BCUT2D eigenvalue weighted by atomic mass is 10.1. The molecule has 72 valence electrons. The summed E-state index contributed by atoms with van der Waals surface area (Å²) in [6.07, 6.45) is 0.878. The predicted molar refractivity (Wildman–Crippen MR) is 61.5 cm³/mol. The zero-order valence-corrected chi connectivity index (χ0v) is 9.91. The molecule has 4 heteroatoms. The van der Waals surface area contributed by atoms with Crippen molar-refractivity contribution in [1.82, 2.24) is 5.43 Å². The van der Waals surface area contributed by atoms with Gasteiger partial charge in [0.15, 0.2) is 0 Å². The largest absolute Gasteiger partial charge is 0.271 e. The van der Waals surface area contributed by atoms with Crippen molar-refractivity contribution in [3.8, 4) is 0 Å². The normalized spacial score (nSPS) is 12.8. The van der Waals surface area contributed by atoms with Crippen molar-refractivity contribution in [3.05, 3.63) is 32.9 Å². The molecule has 0 aliphatic carbocycles. The maximum absolute atomic E-state index is 5.46. The first kappa shape index (κ1) is 10.9. The third-order valence-corrected chi connectivity index (χ3v) is 3.43. The molecule has 0 saturated heterocycles. The average Bonchev–Trinajstić information content (AvgIpc) is 2.47. The van der Waals surface area contributed by atoms with Gasteiger partial charge in [-0.3, -0.25) is 11.3 Å². The molecule has 1 rings (SSSR count). The van der Waals surface area contributed by atoms with Crippen molar-refractivity contribution < 1.29 is 0 Å². The fourth-order valence-corrected chi connectivity index (χ4v) is 2.59. The molecule has 3 N–H and O–H groups in total. The molecule has 0 aliphatic heterocycles. The first-order chi connectivity index (χ1) is 6.13. The Morgan fingerprint density at radius 1 is 1.77 bits per heavy atom. The van der Waals surface area contributed by atoms with E-state index in [0.29, 0.717) is 0 Å². The van der Waals surface area contributed by atoms with Crippen LogP contribution in [0.15, 0.2) is 28.1 Å². The summed E-state index contributed by atoms with van der Waals surface area (Å²) in [5.41, 5.74) is 3.92.